The predicted molar refractivity (Wildman–Crippen MR) is 76.9 cm³/mol. The van der Waals surface area contributed by atoms with Crippen molar-refractivity contribution in [3.63, 3.8) is 0 Å². The van der Waals surface area contributed by atoms with E-state index in [4.69, 9.17) is 4.52 Å². The van der Waals surface area contributed by atoms with Crippen molar-refractivity contribution in [1.29, 1.82) is 0 Å². The Morgan fingerprint density at radius 2 is 2.13 bits per heavy atom. The molecule has 1 fully saturated rings. The molecule has 0 bridgehead atoms. The van der Waals surface area contributed by atoms with Crippen LogP contribution < -0.4 is 4.90 Å². The Morgan fingerprint density at radius 3 is 2.83 bits per heavy atom. The zero-order valence-electron chi connectivity index (χ0n) is 12.7. The van der Waals surface area contributed by atoms with Gasteiger partial charge in [0.05, 0.1) is 0 Å². The molecule has 1 atom stereocenters. The van der Waals surface area contributed by atoms with Crippen LogP contribution in [0.1, 0.15) is 30.3 Å². The minimum absolute atomic E-state index is 0.275. The third-order valence-corrected chi connectivity index (χ3v) is 3.91. The lowest BCUT2D eigenvalue weighted by atomic mass is 9.94. The van der Waals surface area contributed by atoms with E-state index in [9.17, 15) is 13.2 Å². The highest BCUT2D eigenvalue weighted by atomic mass is 19.4. The number of anilines is 1. The summed E-state index contributed by atoms with van der Waals surface area (Å²) in [4.78, 5) is 9.85. The monoisotopic (exact) mass is 326 g/mol. The van der Waals surface area contributed by atoms with E-state index in [-0.39, 0.29) is 5.92 Å². The van der Waals surface area contributed by atoms with Crippen molar-refractivity contribution in [3.05, 3.63) is 35.6 Å². The Bertz CT molecular complexity index is 671. The van der Waals surface area contributed by atoms with E-state index < -0.39 is 11.9 Å². The molecule has 2 aromatic rings. The molecule has 0 amide bonds. The van der Waals surface area contributed by atoms with Gasteiger partial charge in [0.25, 0.3) is 0 Å². The van der Waals surface area contributed by atoms with Crippen molar-refractivity contribution in [2.75, 3.05) is 18.0 Å². The van der Waals surface area contributed by atoms with Crippen LogP contribution in [0.2, 0.25) is 0 Å². The number of halogens is 3. The molecule has 1 unspecified atom stereocenters. The Morgan fingerprint density at radius 1 is 1.30 bits per heavy atom. The first-order valence-corrected chi connectivity index (χ1v) is 7.50. The van der Waals surface area contributed by atoms with Crippen molar-refractivity contribution in [3.8, 4) is 0 Å². The van der Waals surface area contributed by atoms with Crippen LogP contribution in [0.3, 0.4) is 0 Å². The summed E-state index contributed by atoms with van der Waals surface area (Å²) in [6.45, 7) is 3.08. The summed E-state index contributed by atoms with van der Waals surface area (Å²) in [6, 6.07) is 4.01. The van der Waals surface area contributed by atoms with Crippen LogP contribution in [0, 0.1) is 12.8 Å². The van der Waals surface area contributed by atoms with Gasteiger partial charge in [-0.05, 0) is 30.9 Å². The number of alkyl halides is 3. The molecule has 0 spiro atoms. The van der Waals surface area contributed by atoms with E-state index in [1.165, 1.54) is 6.07 Å². The normalized spacial score (nSPS) is 19.1. The number of aryl methyl sites for hydroxylation is 1. The molecule has 5 nitrogen and oxygen atoms in total. The first kappa shape index (κ1) is 15.8. The molecule has 0 radical (unpaired) electrons. The summed E-state index contributed by atoms with van der Waals surface area (Å²) < 4.78 is 43.3. The maximum absolute atomic E-state index is 12.8. The Kier molecular flexibility index (Phi) is 4.23. The summed E-state index contributed by atoms with van der Waals surface area (Å²) in [5.74, 6) is 1.81. The zero-order chi connectivity index (χ0) is 16.4. The lowest BCUT2D eigenvalue weighted by Crippen LogP contribution is -2.37. The Hall–Kier alpha value is -2.12. The summed E-state index contributed by atoms with van der Waals surface area (Å²) >= 11 is 0. The molecule has 8 heteroatoms. The van der Waals surface area contributed by atoms with Gasteiger partial charge in [-0.3, -0.25) is 0 Å². The van der Waals surface area contributed by atoms with Crippen molar-refractivity contribution >= 4 is 5.82 Å². The van der Waals surface area contributed by atoms with Gasteiger partial charge in [0, 0.05) is 26.4 Å². The minimum Gasteiger partial charge on any atom is -0.356 e. The molecule has 124 valence electrons. The quantitative estimate of drug-likeness (QED) is 0.866. The number of hydrogen-bond donors (Lipinski definition) is 0. The van der Waals surface area contributed by atoms with Gasteiger partial charge in [-0.2, -0.15) is 18.2 Å². The second-order valence-electron chi connectivity index (χ2n) is 5.77. The van der Waals surface area contributed by atoms with Gasteiger partial charge in [0.15, 0.2) is 5.82 Å². The number of aromatic nitrogens is 3. The van der Waals surface area contributed by atoms with Crippen molar-refractivity contribution in [2.24, 2.45) is 5.92 Å². The highest BCUT2D eigenvalue weighted by Crippen LogP contribution is 2.30. The second kappa shape index (κ2) is 6.17. The molecule has 1 aliphatic heterocycles. The average Bonchev–Trinajstić information content (AvgIpc) is 2.92. The van der Waals surface area contributed by atoms with Crippen LogP contribution in [0.25, 0.3) is 0 Å². The molecule has 2 aromatic heterocycles. The fourth-order valence-electron chi connectivity index (χ4n) is 2.88. The summed E-state index contributed by atoms with van der Waals surface area (Å²) in [5.41, 5.74) is -0.856. The topological polar surface area (TPSA) is 55.1 Å². The molecular formula is C15H17F3N4O. The molecule has 0 aliphatic carbocycles. The average molecular weight is 326 g/mol. The fourth-order valence-corrected chi connectivity index (χ4v) is 2.88. The number of rotatable bonds is 3. The third-order valence-electron chi connectivity index (χ3n) is 3.91. The number of piperidine rings is 1. The molecule has 1 aliphatic rings. The van der Waals surface area contributed by atoms with E-state index in [1.54, 1.807) is 13.0 Å². The summed E-state index contributed by atoms with van der Waals surface area (Å²) in [5, 5.41) is 3.89. The maximum Gasteiger partial charge on any atom is 0.433 e. The molecular weight excluding hydrogens is 309 g/mol. The zero-order valence-corrected chi connectivity index (χ0v) is 12.7. The minimum atomic E-state index is -4.42. The lowest BCUT2D eigenvalue weighted by Gasteiger charge is -2.33. The molecule has 3 heterocycles. The van der Waals surface area contributed by atoms with E-state index in [0.717, 1.165) is 18.9 Å². The van der Waals surface area contributed by atoms with Crippen LogP contribution in [0.15, 0.2) is 22.7 Å². The largest absolute Gasteiger partial charge is 0.433 e. The van der Waals surface area contributed by atoms with Gasteiger partial charge in [-0.1, -0.05) is 11.2 Å². The van der Waals surface area contributed by atoms with Gasteiger partial charge < -0.3 is 9.42 Å². The lowest BCUT2D eigenvalue weighted by molar-refractivity contribution is -0.141. The van der Waals surface area contributed by atoms with Gasteiger partial charge in [-0.25, -0.2) is 4.98 Å². The first-order valence-electron chi connectivity index (χ1n) is 7.50. The SMILES string of the molecule is Cc1nc(CC2CCCN(c3cccc(C(F)(F)F)n3)C2)no1. The highest BCUT2D eigenvalue weighted by molar-refractivity contribution is 5.40. The molecule has 23 heavy (non-hydrogen) atoms. The van der Waals surface area contributed by atoms with Crippen LogP contribution in [0.4, 0.5) is 19.0 Å². The van der Waals surface area contributed by atoms with Gasteiger partial charge >= 0.3 is 6.18 Å². The van der Waals surface area contributed by atoms with Crippen LogP contribution in [-0.2, 0) is 12.6 Å². The van der Waals surface area contributed by atoms with E-state index >= 15 is 0 Å². The predicted octanol–water partition coefficient (Wildman–Crippen LogP) is 3.25. The second-order valence-corrected chi connectivity index (χ2v) is 5.77. The fraction of sp³-hybridized carbons (Fsp3) is 0.533. The molecule has 0 aromatic carbocycles. The van der Waals surface area contributed by atoms with E-state index in [1.807, 2.05) is 4.90 Å². The molecule has 1 saturated heterocycles. The first-order chi connectivity index (χ1) is 10.9. The standard InChI is InChI=1S/C15H17F3N4O/c1-10-19-13(21-23-10)8-11-4-3-7-22(9-11)14-6-2-5-12(20-14)15(16,17)18/h2,5-6,11H,3-4,7-9H2,1H3. The van der Waals surface area contributed by atoms with Crippen LogP contribution >= 0.6 is 0 Å². The molecule has 0 N–H and O–H groups in total. The smallest absolute Gasteiger partial charge is 0.356 e. The van der Waals surface area contributed by atoms with Crippen molar-refractivity contribution in [1.82, 2.24) is 15.1 Å². The van der Waals surface area contributed by atoms with Crippen molar-refractivity contribution in [2.45, 2.75) is 32.4 Å². The van der Waals surface area contributed by atoms with E-state index in [2.05, 4.69) is 15.1 Å². The Labute approximate surface area is 131 Å². The Balaban J connectivity index is 1.71. The summed E-state index contributed by atoms with van der Waals surface area (Å²) in [7, 11) is 0. The number of nitrogens with zero attached hydrogens (tertiary/aromatic N) is 4. The summed E-state index contributed by atoms with van der Waals surface area (Å²) in [6.07, 6.45) is -1.87. The number of hydrogen-bond acceptors (Lipinski definition) is 5. The number of pyridine rings is 1. The van der Waals surface area contributed by atoms with Gasteiger partial charge in [0.2, 0.25) is 5.89 Å². The van der Waals surface area contributed by atoms with Gasteiger partial charge in [-0.15, -0.1) is 0 Å². The highest BCUT2D eigenvalue weighted by Gasteiger charge is 2.33. The third kappa shape index (κ3) is 3.80. The van der Waals surface area contributed by atoms with Crippen molar-refractivity contribution < 1.29 is 17.7 Å². The van der Waals surface area contributed by atoms with Crippen LogP contribution in [-0.4, -0.2) is 28.2 Å². The van der Waals surface area contributed by atoms with Gasteiger partial charge in [0.1, 0.15) is 11.5 Å². The maximum atomic E-state index is 12.8. The molecule has 3 rings (SSSR count). The van der Waals surface area contributed by atoms with E-state index in [0.29, 0.717) is 37.0 Å². The molecule has 0 saturated carbocycles. The van der Waals surface area contributed by atoms with Crippen LogP contribution in [0.5, 0.6) is 0 Å².